The number of ether oxygens (including phenoxy) is 1. The van der Waals surface area contributed by atoms with Gasteiger partial charge in [0, 0.05) is 0 Å². The van der Waals surface area contributed by atoms with E-state index in [-0.39, 0.29) is 18.5 Å². The van der Waals surface area contributed by atoms with E-state index in [0.717, 1.165) is 12.0 Å². The zero-order valence-corrected chi connectivity index (χ0v) is 11.1. The number of carbonyl (C=O) groups is 1. The molecule has 96 valence electrons. The van der Waals surface area contributed by atoms with Crippen molar-refractivity contribution in [1.29, 1.82) is 5.26 Å². The Balaban J connectivity index is 2.67. The molecule has 1 unspecified atom stereocenters. The molecule has 1 atom stereocenters. The first-order valence-corrected chi connectivity index (χ1v) is 6.17. The van der Waals surface area contributed by atoms with Gasteiger partial charge in [0.2, 0.25) is 0 Å². The minimum Gasteiger partial charge on any atom is -0.450 e. The highest BCUT2D eigenvalue weighted by atomic mass is 16.5. The zero-order chi connectivity index (χ0) is 13.5. The molecule has 0 aliphatic rings. The average molecular weight is 245 g/mol. The van der Waals surface area contributed by atoms with Crippen molar-refractivity contribution in [3.63, 3.8) is 0 Å². The Hall–Kier alpha value is -1.82. The van der Waals surface area contributed by atoms with Crippen LogP contribution in [-0.2, 0) is 16.0 Å². The van der Waals surface area contributed by atoms with Gasteiger partial charge in [0.05, 0.1) is 5.92 Å². The number of hydrogen-bond donors (Lipinski definition) is 0. The summed E-state index contributed by atoms with van der Waals surface area (Å²) in [5.41, 5.74) is 2.19. The quantitative estimate of drug-likeness (QED) is 0.749. The van der Waals surface area contributed by atoms with Gasteiger partial charge >= 0.3 is 5.97 Å². The first-order chi connectivity index (χ1) is 8.54. The van der Waals surface area contributed by atoms with Crippen molar-refractivity contribution in [2.75, 3.05) is 6.61 Å². The Morgan fingerprint density at radius 2 is 1.89 bits per heavy atom. The van der Waals surface area contributed by atoms with Crippen molar-refractivity contribution in [3.05, 3.63) is 35.4 Å². The molecule has 0 aromatic heterocycles. The smallest absolute Gasteiger partial charge is 0.314 e. The van der Waals surface area contributed by atoms with Crippen LogP contribution in [0.4, 0.5) is 0 Å². The molecule has 0 saturated heterocycles. The van der Waals surface area contributed by atoms with E-state index in [1.54, 1.807) is 13.0 Å². The van der Waals surface area contributed by atoms with E-state index in [0.29, 0.717) is 5.92 Å². The van der Waals surface area contributed by atoms with Gasteiger partial charge in [-0.05, 0) is 30.4 Å². The van der Waals surface area contributed by atoms with Gasteiger partial charge in [-0.25, -0.2) is 0 Å². The number of carbonyl (C=O) groups excluding carboxylic acids is 1. The van der Waals surface area contributed by atoms with Crippen LogP contribution in [0.1, 0.15) is 37.8 Å². The lowest BCUT2D eigenvalue weighted by Crippen LogP contribution is -2.13. The first kappa shape index (κ1) is 14.2. The normalized spacial score (nSPS) is 11.9. The first-order valence-electron chi connectivity index (χ1n) is 6.17. The molecule has 0 fully saturated rings. The van der Waals surface area contributed by atoms with Crippen molar-refractivity contribution >= 4 is 5.97 Å². The molecule has 0 spiro atoms. The number of rotatable bonds is 5. The highest BCUT2D eigenvalue weighted by Crippen LogP contribution is 2.18. The fourth-order valence-electron chi connectivity index (χ4n) is 1.78. The number of benzene rings is 1. The largest absolute Gasteiger partial charge is 0.450 e. The second kappa shape index (κ2) is 6.80. The standard InChI is InChI=1S/C15H19NO2/c1-11(2)10-13-4-6-14(7-5-13)12(3)15(17)18-9-8-16/h4-7,11-12H,9-10H2,1-3H3. The molecular weight excluding hydrogens is 226 g/mol. The zero-order valence-electron chi connectivity index (χ0n) is 11.1. The molecular formula is C15H19NO2. The summed E-state index contributed by atoms with van der Waals surface area (Å²) in [7, 11) is 0. The minimum atomic E-state index is -0.354. The fourth-order valence-corrected chi connectivity index (χ4v) is 1.78. The number of esters is 1. The molecule has 1 aromatic rings. The van der Waals surface area contributed by atoms with Gasteiger partial charge in [-0.3, -0.25) is 4.79 Å². The molecule has 3 heteroatoms. The van der Waals surface area contributed by atoms with Crippen LogP contribution in [0.5, 0.6) is 0 Å². The van der Waals surface area contributed by atoms with Crippen molar-refractivity contribution in [3.8, 4) is 6.07 Å². The van der Waals surface area contributed by atoms with E-state index in [1.165, 1.54) is 5.56 Å². The van der Waals surface area contributed by atoms with Crippen LogP contribution in [0.3, 0.4) is 0 Å². The van der Waals surface area contributed by atoms with E-state index in [2.05, 4.69) is 13.8 Å². The van der Waals surface area contributed by atoms with Crippen LogP contribution >= 0.6 is 0 Å². The molecule has 1 rings (SSSR count). The summed E-state index contributed by atoms with van der Waals surface area (Å²) < 4.78 is 4.80. The summed E-state index contributed by atoms with van der Waals surface area (Å²) in [6.45, 7) is 5.96. The van der Waals surface area contributed by atoms with Gasteiger partial charge in [0.25, 0.3) is 0 Å². The summed E-state index contributed by atoms with van der Waals surface area (Å²) >= 11 is 0. The summed E-state index contributed by atoms with van der Waals surface area (Å²) in [6.07, 6.45) is 1.04. The summed E-state index contributed by atoms with van der Waals surface area (Å²) in [5, 5.41) is 8.36. The molecule has 0 aliphatic heterocycles. The predicted molar refractivity (Wildman–Crippen MR) is 70.0 cm³/mol. The van der Waals surface area contributed by atoms with Crippen LogP contribution in [-0.4, -0.2) is 12.6 Å². The number of nitrogens with zero attached hydrogens (tertiary/aromatic N) is 1. The predicted octanol–water partition coefficient (Wildman–Crippen LogP) is 3.06. The van der Waals surface area contributed by atoms with Crippen LogP contribution in [0.25, 0.3) is 0 Å². The fraction of sp³-hybridized carbons (Fsp3) is 0.467. The maximum absolute atomic E-state index is 11.6. The molecule has 1 aromatic carbocycles. The second-order valence-electron chi connectivity index (χ2n) is 4.83. The van der Waals surface area contributed by atoms with Gasteiger partial charge in [-0.1, -0.05) is 38.1 Å². The van der Waals surface area contributed by atoms with E-state index in [4.69, 9.17) is 10.00 Å². The third-order valence-electron chi connectivity index (χ3n) is 2.76. The van der Waals surface area contributed by atoms with E-state index in [1.807, 2.05) is 24.3 Å². The van der Waals surface area contributed by atoms with Crippen molar-refractivity contribution in [2.45, 2.75) is 33.1 Å². The van der Waals surface area contributed by atoms with Crippen LogP contribution in [0.15, 0.2) is 24.3 Å². The molecule has 0 N–H and O–H groups in total. The highest BCUT2D eigenvalue weighted by Gasteiger charge is 2.16. The average Bonchev–Trinajstić information content (AvgIpc) is 2.35. The van der Waals surface area contributed by atoms with E-state index >= 15 is 0 Å². The van der Waals surface area contributed by atoms with Crippen molar-refractivity contribution in [2.24, 2.45) is 5.92 Å². The minimum absolute atomic E-state index is 0.186. The Bertz CT molecular complexity index is 429. The maximum Gasteiger partial charge on any atom is 0.314 e. The summed E-state index contributed by atoms with van der Waals surface area (Å²) in [6, 6.07) is 9.79. The van der Waals surface area contributed by atoms with Gasteiger partial charge in [0.1, 0.15) is 6.07 Å². The topological polar surface area (TPSA) is 50.1 Å². The number of nitriles is 1. The Morgan fingerprint density at radius 1 is 1.28 bits per heavy atom. The van der Waals surface area contributed by atoms with Crippen LogP contribution in [0, 0.1) is 17.2 Å². The van der Waals surface area contributed by atoms with Crippen LogP contribution < -0.4 is 0 Å². The molecule has 0 heterocycles. The lowest BCUT2D eigenvalue weighted by molar-refractivity contribution is -0.143. The van der Waals surface area contributed by atoms with Gasteiger partial charge in [-0.2, -0.15) is 5.26 Å². The molecule has 18 heavy (non-hydrogen) atoms. The highest BCUT2D eigenvalue weighted by molar-refractivity contribution is 5.77. The second-order valence-corrected chi connectivity index (χ2v) is 4.83. The van der Waals surface area contributed by atoms with E-state index < -0.39 is 0 Å². The molecule has 0 amide bonds. The van der Waals surface area contributed by atoms with Crippen LogP contribution in [0.2, 0.25) is 0 Å². The van der Waals surface area contributed by atoms with E-state index in [9.17, 15) is 4.79 Å². The molecule has 0 radical (unpaired) electrons. The monoisotopic (exact) mass is 245 g/mol. The Kier molecular flexibility index (Phi) is 5.38. The third-order valence-corrected chi connectivity index (χ3v) is 2.76. The summed E-state index contributed by atoms with van der Waals surface area (Å²) in [5.74, 6) is -0.0616. The molecule has 0 saturated carbocycles. The molecule has 0 bridgehead atoms. The lowest BCUT2D eigenvalue weighted by Gasteiger charge is -2.11. The van der Waals surface area contributed by atoms with Crippen molar-refractivity contribution < 1.29 is 9.53 Å². The van der Waals surface area contributed by atoms with Gasteiger partial charge in [-0.15, -0.1) is 0 Å². The van der Waals surface area contributed by atoms with Crippen molar-refractivity contribution in [1.82, 2.24) is 0 Å². The SMILES string of the molecule is CC(C)Cc1ccc(C(C)C(=O)OCC#N)cc1. The molecule has 3 nitrogen and oxygen atoms in total. The Labute approximate surface area is 108 Å². The van der Waals surface area contributed by atoms with Gasteiger partial charge in [0.15, 0.2) is 6.61 Å². The number of hydrogen-bond acceptors (Lipinski definition) is 3. The summed E-state index contributed by atoms with van der Waals surface area (Å²) in [4.78, 5) is 11.6. The third kappa shape index (κ3) is 4.21. The maximum atomic E-state index is 11.6. The Morgan fingerprint density at radius 3 is 2.39 bits per heavy atom. The lowest BCUT2D eigenvalue weighted by atomic mass is 9.97. The van der Waals surface area contributed by atoms with Gasteiger partial charge < -0.3 is 4.74 Å². The molecule has 0 aliphatic carbocycles.